The monoisotopic (exact) mass is 237 g/mol. The van der Waals surface area contributed by atoms with Crippen molar-refractivity contribution in [2.24, 2.45) is 0 Å². The van der Waals surface area contributed by atoms with Crippen molar-refractivity contribution in [2.75, 3.05) is 13.1 Å². The third kappa shape index (κ3) is 2.92. The maximum atomic E-state index is 11.9. The number of ketones is 1. The predicted molar refractivity (Wildman–Crippen MR) is 63.5 cm³/mol. The fourth-order valence-corrected chi connectivity index (χ4v) is 2.58. The van der Waals surface area contributed by atoms with Crippen molar-refractivity contribution in [1.82, 2.24) is 4.90 Å². The molecule has 16 heavy (non-hydrogen) atoms. The molecule has 4 heteroatoms. The number of likely N-dealkylation sites (tertiary alicyclic amines) is 1. The highest BCUT2D eigenvalue weighted by molar-refractivity contribution is 7.10. The highest BCUT2D eigenvalue weighted by atomic mass is 32.1. The lowest BCUT2D eigenvalue weighted by Gasteiger charge is -2.19. The molecule has 1 aliphatic rings. The molecule has 0 aromatic carbocycles. The summed E-state index contributed by atoms with van der Waals surface area (Å²) in [6.07, 6.45) is 2.44. The number of amides is 1. The summed E-state index contributed by atoms with van der Waals surface area (Å²) < 4.78 is 0. The molecule has 0 N–H and O–H groups in total. The molecule has 0 bridgehead atoms. The molecule has 1 aromatic heterocycles. The molecule has 2 heterocycles. The zero-order valence-electron chi connectivity index (χ0n) is 9.15. The van der Waals surface area contributed by atoms with E-state index in [0.717, 1.165) is 17.8 Å². The van der Waals surface area contributed by atoms with Gasteiger partial charge in [-0.1, -0.05) is 6.07 Å². The standard InChI is InChI=1S/C12H15NO2S/c14-10-3-1-6-13(7-5-10)12(15)9-11-4-2-8-16-11/h2,4,8H,1,3,5-7,9H2. The van der Waals surface area contributed by atoms with Crippen LogP contribution in [0.2, 0.25) is 0 Å². The van der Waals surface area contributed by atoms with E-state index in [9.17, 15) is 9.59 Å². The minimum Gasteiger partial charge on any atom is -0.342 e. The number of hydrogen-bond acceptors (Lipinski definition) is 3. The molecule has 0 unspecified atom stereocenters. The van der Waals surface area contributed by atoms with Crippen molar-refractivity contribution in [3.63, 3.8) is 0 Å². The number of carbonyl (C=O) groups is 2. The molecule has 1 fully saturated rings. The first-order valence-corrected chi connectivity index (χ1v) is 6.45. The lowest BCUT2D eigenvalue weighted by atomic mass is 10.2. The molecule has 0 radical (unpaired) electrons. The molecular formula is C12H15NO2S. The van der Waals surface area contributed by atoms with E-state index in [1.165, 1.54) is 0 Å². The number of thiophene rings is 1. The molecule has 1 amide bonds. The van der Waals surface area contributed by atoms with E-state index in [1.54, 1.807) is 11.3 Å². The van der Waals surface area contributed by atoms with Gasteiger partial charge < -0.3 is 4.90 Å². The Morgan fingerprint density at radius 1 is 1.38 bits per heavy atom. The van der Waals surface area contributed by atoms with Crippen molar-refractivity contribution < 1.29 is 9.59 Å². The van der Waals surface area contributed by atoms with Gasteiger partial charge in [-0.2, -0.15) is 0 Å². The van der Waals surface area contributed by atoms with Gasteiger partial charge in [-0.3, -0.25) is 9.59 Å². The number of carbonyl (C=O) groups excluding carboxylic acids is 2. The van der Waals surface area contributed by atoms with Gasteiger partial charge in [-0.05, 0) is 17.9 Å². The third-order valence-corrected chi connectivity index (χ3v) is 3.68. The minimum atomic E-state index is 0.150. The smallest absolute Gasteiger partial charge is 0.227 e. The van der Waals surface area contributed by atoms with Gasteiger partial charge in [0.05, 0.1) is 6.42 Å². The molecule has 0 aliphatic carbocycles. The van der Waals surface area contributed by atoms with Crippen LogP contribution in [0.5, 0.6) is 0 Å². The Morgan fingerprint density at radius 3 is 3.00 bits per heavy atom. The van der Waals surface area contributed by atoms with Gasteiger partial charge in [0.1, 0.15) is 5.78 Å². The average molecular weight is 237 g/mol. The summed E-state index contributed by atoms with van der Waals surface area (Å²) in [5.74, 6) is 0.434. The zero-order chi connectivity index (χ0) is 11.4. The highest BCUT2D eigenvalue weighted by Crippen LogP contribution is 2.13. The predicted octanol–water partition coefficient (Wildman–Crippen LogP) is 1.87. The summed E-state index contributed by atoms with van der Waals surface area (Å²) in [7, 11) is 0. The van der Waals surface area contributed by atoms with Gasteiger partial charge in [0, 0.05) is 30.8 Å². The minimum absolute atomic E-state index is 0.150. The zero-order valence-corrected chi connectivity index (χ0v) is 9.96. The van der Waals surface area contributed by atoms with E-state index in [4.69, 9.17) is 0 Å². The van der Waals surface area contributed by atoms with Crippen LogP contribution >= 0.6 is 11.3 Å². The van der Waals surface area contributed by atoms with Gasteiger partial charge >= 0.3 is 0 Å². The first-order chi connectivity index (χ1) is 7.75. The van der Waals surface area contributed by atoms with E-state index < -0.39 is 0 Å². The Morgan fingerprint density at radius 2 is 2.25 bits per heavy atom. The Balaban J connectivity index is 1.91. The number of Topliss-reactive ketones (excluding diaryl/α,β-unsaturated/α-hetero) is 1. The van der Waals surface area contributed by atoms with E-state index >= 15 is 0 Å². The van der Waals surface area contributed by atoms with Crippen LogP contribution in [0.15, 0.2) is 17.5 Å². The first-order valence-electron chi connectivity index (χ1n) is 5.57. The van der Waals surface area contributed by atoms with E-state index in [1.807, 2.05) is 22.4 Å². The van der Waals surface area contributed by atoms with Crippen molar-refractivity contribution >= 4 is 23.0 Å². The van der Waals surface area contributed by atoms with Crippen LogP contribution in [0.1, 0.15) is 24.1 Å². The number of hydrogen-bond donors (Lipinski definition) is 0. The molecule has 1 aliphatic heterocycles. The molecule has 1 aromatic rings. The summed E-state index contributed by atoms with van der Waals surface area (Å²) in [4.78, 5) is 26.1. The molecule has 1 saturated heterocycles. The van der Waals surface area contributed by atoms with Crippen LogP contribution in [0.25, 0.3) is 0 Å². The van der Waals surface area contributed by atoms with E-state index in [-0.39, 0.29) is 11.7 Å². The first kappa shape index (κ1) is 11.3. The maximum absolute atomic E-state index is 11.9. The second-order valence-electron chi connectivity index (χ2n) is 4.03. The third-order valence-electron chi connectivity index (χ3n) is 2.80. The summed E-state index contributed by atoms with van der Waals surface area (Å²) in [6, 6.07) is 3.94. The van der Waals surface area contributed by atoms with Crippen molar-refractivity contribution in [3.8, 4) is 0 Å². The second-order valence-corrected chi connectivity index (χ2v) is 5.06. The van der Waals surface area contributed by atoms with Crippen LogP contribution in [0.3, 0.4) is 0 Å². The molecule has 2 rings (SSSR count). The number of rotatable bonds is 2. The number of nitrogens with zero attached hydrogens (tertiary/aromatic N) is 1. The largest absolute Gasteiger partial charge is 0.342 e. The van der Waals surface area contributed by atoms with Crippen molar-refractivity contribution in [3.05, 3.63) is 22.4 Å². The van der Waals surface area contributed by atoms with Crippen LogP contribution < -0.4 is 0 Å². The Labute approximate surface area is 99.1 Å². The van der Waals surface area contributed by atoms with Gasteiger partial charge in [-0.25, -0.2) is 0 Å². The molecular weight excluding hydrogens is 222 g/mol. The molecule has 0 saturated carbocycles. The van der Waals surface area contributed by atoms with Crippen LogP contribution in [-0.2, 0) is 16.0 Å². The fraction of sp³-hybridized carbons (Fsp3) is 0.500. The van der Waals surface area contributed by atoms with Crippen LogP contribution in [-0.4, -0.2) is 29.7 Å². The average Bonchev–Trinajstić information content (AvgIpc) is 2.66. The Bertz CT molecular complexity index is 372. The fourth-order valence-electron chi connectivity index (χ4n) is 1.89. The lowest BCUT2D eigenvalue weighted by Crippen LogP contribution is -2.33. The molecule has 86 valence electrons. The molecule has 0 spiro atoms. The normalized spacial score (nSPS) is 17.2. The van der Waals surface area contributed by atoms with Gasteiger partial charge in [0.25, 0.3) is 0 Å². The second kappa shape index (κ2) is 5.25. The van der Waals surface area contributed by atoms with Crippen molar-refractivity contribution in [1.29, 1.82) is 0 Å². The summed E-state index contributed by atoms with van der Waals surface area (Å²) in [5.41, 5.74) is 0. The Hall–Kier alpha value is -1.16. The molecule has 3 nitrogen and oxygen atoms in total. The lowest BCUT2D eigenvalue weighted by molar-refractivity contribution is -0.130. The topological polar surface area (TPSA) is 37.4 Å². The highest BCUT2D eigenvalue weighted by Gasteiger charge is 2.18. The quantitative estimate of drug-likeness (QED) is 0.787. The summed E-state index contributed by atoms with van der Waals surface area (Å²) in [5, 5.41) is 1.98. The van der Waals surface area contributed by atoms with Crippen LogP contribution in [0, 0.1) is 0 Å². The van der Waals surface area contributed by atoms with Gasteiger partial charge in [0.15, 0.2) is 0 Å². The molecule has 0 atom stereocenters. The van der Waals surface area contributed by atoms with E-state index in [2.05, 4.69) is 0 Å². The maximum Gasteiger partial charge on any atom is 0.227 e. The summed E-state index contributed by atoms with van der Waals surface area (Å²) in [6.45, 7) is 1.33. The van der Waals surface area contributed by atoms with Crippen molar-refractivity contribution in [2.45, 2.75) is 25.7 Å². The van der Waals surface area contributed by atoms with Gasteiger partial charge in [0.2, 0.25) is 5.91 Å². The van der Waals surface area contributed by atoms with E-state index in [0.29, 0.717) is 25.8 Å². The Kier molecular flexibility index (Phi) is 3.72. The summed E-state index contributed by atoms with van der Waals surface area (Å²) >= 11 is 1.61. The van der Waals surface area contributed by atoms with Gasteiger partial charge in [-0.15, -0.1) is 11.3 Å². The SMILES string of the molecule is O=C1CCCN(C(=O)Cc2cccs2)CC1. The van der Waals surface area contributed by atoms with Crippen LogP contribution in [0.4, 0.5) is 0 Å².